The van der Waals surface area contributed by atoms with E-state index in [0.717, 1.165) is 4.57 Å². The molecule has 0 bridgehead atoms. The van der Waals surface area contributed by atoms with E-state index in [-0.39, 0.29) is 6.54 Å². The molecule has 0 saturated carbocycles. The van der Waals surface area contributed by atoms with Gasteiger partial charge in [0.1, 0.15) is 17.7 Å². The number of aromatic nitrogens is 1. The lowest BCUT2D eigenvalue weighted by Gasteiger charge is -2.19. The van der Waals surface area contributed by atoms with E-state index < -0.39 is 28.7 Å². The van der Waals surface area contributed by atoms with Gasteiger partial charge in [0.15, 0.2) is 0 Å². The predicted molar refractivity (Wildman–Crippen MR) is 71.2 cm³/mol. The number of pyridine rings is 1. The molecule has 0 atom stereocenters. The van der Waals surface area contributed by atoms with Crippen molar-refractivity contribution in [2.24, 2.45) is 0 Å². The molecule has 6 nitrogen and oxygen atoms in total. The van der Waals surface area contributed by atoms with Gasteiger partial charge in [0.25, 0.3) is 5.56 Å². The molecule has 0 aliphatic carbocycles. The molecule has 19 heavy (non-hydrogen) atoms. The zero-order valence-corrected chi connectivity index (χ0v) is 12.4. The highest BCUT2D eigenvalue weighted by Crippen LogP contribution is 2.11. The molecule has 1 aromatic rings. The van der Waals surface area contributed by atoms with E-state index in [4.69, 9.17) is 9.84 Å². The first-order valence-electron chi connectivity index (χ1n) is 5.45. The van der Waals surface area contributed by atoms with Gasteiger partial charge in [-0.1, -0.05) is 0 Å². The summed E-state index contributed by atoms with van der Waals surface area (Å²) in [6.07, 6.45) is 1.35. The summed E-state index contributed by atoms with van der Waals surface area (Å²) in [6, 6.07) is 1.19. The standard InChI is InChI=1S/C12H14BrNO5/c1-12(2,3)19-9(15)6-14-5-7(13)4-8(10(14)16)11(17)18/h4-5H,6H2,1-3H3,(H,17,18). The number of nitrogens with zero attached hydrogens (tertiary/aromatic N) is 1. The van der Waals surface area contributed by atoms with Gasteiger partial charge in [0.05, 0.1) is 0 Å². The third-order valence-corrected chi connectivity index (χ3v) is 2.44. The molecule has 0 unspecified atom stereocenters. The van der Waals surface area contributed by atoms with E-state index in [1.54, 1.807) is 20.8 Å². The van der Waals surface area contributed by atoms with Crippen molar-refractivity contribution in [1.29, 1.82) is 0 Å². The van der Waals surface area contributed by atoms with Crippen LogP contribution in [0.1, 0.15) is 31.1 Å². The average molecular weight is 332 g/mol. The molecule has 104 valence electrons. The Labute approximate surface area is 118 Å². The van der Waals surface area contributed by atoms with Gasteiger partial charge in [0, 0.05) is 10.7 Å². The van der Waals surface area contributed by atoms with E-state index in [0.29, 0.717) is 4.47 Å². The number of carbonyl (C=O) groups excluding carboxylic acids is 1. The van der Waals surface area contributed by atoms with Gasteiger partial charge >= 0.3 is 11.9 Å². The predicted octanol–water partition coefficient (Wildman–Crippen LogP) is 1.65. The van der Waals surface area contributed by atoms with Crippen molar-refractivity contribution in [2.75, 3.05) is 0 Å². The number of esters is 1. The minimum atomic E-state index is -1.34. The van der Waals surface area contributed by atoms with Crippen LogP contribution < -0.4 is 5.56 Å². The van der Waals surface area contributed by atoms with Crippen molar-refractivity contribution in [2.45, 2.75) is 32.9 Å². The minimum absolute atomic E-state index is 0.337. The van der Waals surface area contributed by atoms with Gasteiger partial charge in [-0.15, -0.1) is 0 Å². The van der Waals surface area contributed by atoms with Gasteiger partial charge in [-0.3, -0.25) is 9.59 Å². The molecular weight excluding hydrogens is 318 g/mol. The van der Waals surface area contributed by atoms with Crippen LogP contribution in [0.2, 0.25) is 0 Å². The second-order valence-electron chi connectivity index (χ2n) is 4.90. The molecule has 1 aromatic heterocycles. The highest BCUT2D eigenvalue weighted by molar-refractivity contribution is 9.10. The molecule has 1 N–H and O–H groups in total. The first kappa shape index (κ1) is 15.4. The average Bonchev–Trinajstić information content (AvgIpc) is 2.19. The fourth-order valence-electron chi connectivity index (χ4n) is 1.38. The summed E-state index contributed by atoms with van der Waals surface area (Å²) >= 11 is 3.09. The van der Waals surface area contributed by atoms with Crippen LogP contribution >= 0.6 is 15.9 Å². The monoisotopic (exact) mass is 331 g/mol. The van der Waals surface area contributed by atoms with E-state index in [9.17, 15) is 14.4 Å². The molecule has 0 fully saturated rings. The number of rotatable bonds is 3. The van der Waals surface area contributed by atoms with Crippen LogP contribution in [0.5, 0.6) is 0 Å². The summed E-state index contributed by atoms with van der Waals surface area (Å²) < 4.78 is 6.47. The molecule has 0 aliphatic heterocycles. The van der Waals surface area contributed by atoms with Crippen molar-refractivity contribution in [1.82, 2.24) is 4.57 Å². The second-order valence-corrected chi connectivity index (χ2v) is 5.81. The molecule has 0 amide bonds. The summed E-state index contributed by atoms with van der Waals surface area (Å²) in [5, 5.41) is 8.88. The number of hydrogen-bond donors (Lipinski definition) is 1. The zero-order chi connectivity index (χ0) is 14.8. The molecule has 0 spiro atoms. The summed E-state index contributed by atoms with van der Waals surface area (Å²) in [5.41, 5.74) is -1.82. The third-order valence-electron chi connectivity index (χ3n) is 2.00. The number of carboxylic acids is 1. The molecule has 0 aromatic carbocycles. The van der Waals surface area contributed by atoms with Crippen molar-refractivity contribution in [3.8, 4) is 0 Å². The Bertz CT molecular complexity index is 570. The molecule has 7 heteroatoms. The largest absolute Gasteiger partial charge is 0.477 e. The van der Waals surface area contributed by atoms with Crippen LogP contribution in [-0.4, -0.2) is 27.2 Å². The topological polar surface area (TPSA) is 85.6 Å². The molecule has 0 aliphatic rings. The first-order valence-corrected chi connectivity index (χ1v) is 6.24. The van der Waals surface area contributed by atoms with Gasteiger partial charge < -0.3 is 14.4 Å². The van der Waals surface area contributed by atoms with Crippen LogP contribution in [0.15, 0.2) is 21.5 Å². The second kappa shape index (κ2) is 5.56. The maximum absolute atomic E-state index is 11.8. The molecule has 0 radical (unpaired) electrons. The van der Waals surface area contributed by atoms with E-state index >= 15 is 0 Å². The highest BCUT2D eigenvalue weighted by Gasteiger charge is 2.19. The number of hydrogen-bond acceptors (Lipinski definition) is 4. The van der Waals surface area contributed by atoms with Gasteiger partial charge in [-0.05, 0) is 42.8 Å². The highest BCUT2D eigenvalue weighted by atomic mass is 79.9. The SMILES string of the molecule is CC(C)(C)OC(=O)Cn1cc(Br)cc(C(=O)O)c1=O. The summed E-state index contributed by atoms with van der Waals surface area (Å²) in [4.78, 5) is 34.3. The lowest BCUT2D eigenvalue weighted by Crippen LogP contribution is -2.32. The van der Waals surface area contributed by atoms with Crippen molar-refractivity contribution in [3.63, 3.8) is 0 Å². The Balaban J connectivity index is 3.06. The third kappa shape index (κ3) is 4.51. The van der Waals surface area contributed by atoms with Crippen molar-refractivity contribution >= 4 is 27.9 Å². The number of carboxylic acid groups (broad SMARTS) is 1. The fourth-order valence-corrected chi connectivity index (χ4v) is 1.86. The summed E-state index contributed by atoms with van der Waals surface area (Å²) in [6.45, 7) is 4.78. The first-order chi connectivity index (χ1) is 8.60. The smallest absolute Gasteiger partial charge is 0.341 e. The molecule has 1 heterocycles. The normalized spacial score (nSPS) is 11.2. The molecular formula is C12H14BrNO5. The van der Waals surface area contributed by atoms with E-state index in [1.807, 2.05) is 0 Å². The number of halogens is 1. The zero-order valence-electron chi connectivity index (χ0n) is 10.8. The maximum atomic E-state index is 11.8. The Morgan fingerprint density at radius 3 is 2.47 bits per heavy atom. The van der Waals surface area contributed by atoms with Crippen molar-refractivity contribution < 1.29 is 19.4 Å². The van der Waals surface area contributed by atoms with Gasteiger partial charge in [-0.2, -0.15) is 0 Å². The summed E-state index contributed by atoms with van der Waals surface area (Å²) in [5.74, 6) is -1.95. The maximum Gasteiger partial charge on any atom is 0.341 e. The number of aromatic carboxylic acids is 1. The number of carbonyl (C=O) groups is 2. The van der Waals surface area contributed by atoms with Crippen LogP contribution in [0.25, 0.3) is 0 Å². The van der Waals surface area contributed by atoms with E-state index in [1.165, 1.54) is 12.3 Å². The number of ether oxygens (including phenoxy) is 1. The lowest BCUT2D eigenvalue weighted by atomic mass is 10.2. The van der Waals surface area contributed by atoms with Gasteiger partial charge in [-0.25, -0.2) is 4.79 Å². The van der Waals surface area contributed by atoms with Crippen LogP contribution in [0, 0.1) is 0 Å². The van der Waals surface area contributed by atoms with Crippen LogP contribution in [0.3, 0.4) is 0 Å². The van der Waals surface area contributed by atoms with E-state index in [2.05, 4.69) is 15.9 Å². The lowest BCUT2D eigenvalue weighted by molar-refractivity contribution is -0.155. The summed E-state index contributed by atoms with van der Waals surface area (Å²) in [7, 11) is 0. The Hall–Kier alpha value is -1.63. The Morgan fingerprint density at radius 1 is 1.42 bits per heavy atom. The van der Waals surface area contributed by atoms with Crippen molar-refractivity contribution in [3.05, 3.63) is 32.7 Å². The minimum Gasteiger partial charge on any atom is -0.477 e. The van der Waals surface area contributed by atoms with Crippen LogP contribution in [-0.2, 0) is 16.1 Å². The van der Waals surface area contributed by atoms with Gasteiger partial charge in [0.2, 0.25) is 0 Å². The molecule has 1 rings (SSSR count). The Morgan fingerprint density at radius 2 is 2.00 bits per heavy atom. The fraction of sp³-hybridized carbons (Fsp3) is 0.417. The Kier molecular flexibility index (Phi) is 4.52. The molecule has 0 saturated heterocycles. The van der Waals surface area contributed by atoms with Crippen LogP contribution in [0.4, 0.5) is 0 Å². The quantitative estimate of drug-likeness (QED) is 0.851.